The monoisotopic (exact) mass is 294 g/mol. The Morgan fingerprint density at radius 2 is 2.06 bits per heavy atom. The van der Waals surface area contributed by atoms with Crippen molar-refractivity contribution >= 4 is 15.9 Å². The van der Waals surface area contributed by atoms with Crippen molar-refractivity contribution in [3.8, 4) is 0 Å². The summed E-state index contributed by atoms with van der Waals surface area (Å²) in [4.78, 5) is 3.81. The molecule has 0 fully saturated rings. The lowest BCUT2D eigenvalue weighted by Crippen LogP contribution is -2.13. The van der Waals surface area contributed by atoms with Crippen molar-refractivity contribution in [2.75, 3.05) is 0 Å². The first-order valence-corrected chi connectivity index (χ1v) is 5.99. The molecule has 0 radical (unpaired) electrons. The molecule has 1 unspecified atom stereocenters. The van der Waals surface area contributed by atoms with E-state index in [2.05, 4.69) is 20.9 Å². The smallest absolute Gasteiger partial charge is 0.141 e. The molecule has 1 heterocycles. The molecular weight excluding hydrogens is 283 g/mol. The molecule has 2 N–H and O–H groups in total. The first kappa shape index (κ1) is 12.2. The maximum Gasteiger partial charge on any atom is 0.141 e. The second-order valence-corrected chi connectivity index (χ2v) is 4.79. The van der Waals surface area contributed by atoms with Gasteiger partial charge in [-0.3, -0.25) is 4.98 Å². The number of rotatable bonds is 2. The number of benzene rings is 1. The van der Waals surface area contributed by atoms with Crippen molar-refractivity contribution in [2.45, 2.75) is 13.0 Å². The van der Waals surface area contributed by atoms with Gasteiger partial charge in [-0.25, -0.2) is 4.39 Å². The Balaban J connectivity index is 2.43. The third-order valence-electron chi connectivity index (χ3n) is 2.57. The predicted molar refractivity (Wildman–Crippen MR) is 69.1 cm³/mol. The molecule has 0 saturated carbocycles. The van der Waals surface area contributed by atoms with Crippen LogP contribution in [0.5, 0.6) is 0 Å². The summed E-state index contributed by atoms with van der Waals surface area (Å²) in [5.74, 6) is -0.373. The van der Waals surface area contributed by atoms with E-state index in [1.54, 1.807) is 6.20 Å². The van der Waals surface area contributed by atoms with Crippen LogP contribution >= 0.6 is 15.9 Å². The second-order valence-electron chi connectivity index (χ2n) is 3.94. The van der Waals surface area contributed by atoms with Gasteiger partial charge in [-0.2, -0.15) is 0 Å². The largest absolute Gasteiger partial charge is 0.320 e. The standard InChI is InChI=1S/C13H12BrFN2/c1-8-2-3-12(14)11(4-8)13(16)9-5-10(15)7-17-6-9/h2-7,13H,16H2,1H3. The minimum absolute atomic E-state index is 0.373. The molecule has 1 aromatic heterocycles. The molecule has 88 valence electrons. The molecule has 0 bridgehead atoms. The van der Waals surface area contributed by atoms with Crippen LogP contribution in [0.15, 0.2) is 41.1 Å². The Hall–Kier alpha value is -1.26. The second kappa shape index (κ2) is 4.94. The first-order chi connectivity index (χ1) is 8.08. The third-order valence-corrected chi connectivity index (χ3v) is 3.29. The number of nitrogens with two attached hydrogens (primary N) is 1. The minimum Gasteiger partial charge on any atom is -0.320 e. The zero-order valence-electron chi connectivity index (χ0n) is 9.32. The summed E-state index contributed by atoms with van der Waals surface area (Å²) in [6.07, 6.45) is 2.75. The quantitative estimate of drug-likeness (QED) is 0.923. The molecule has 0 spiro atoms. The Bertz CT molecular complexity index is 543. The SMILES string of the molecule is Cc1ccc(Br)c(C(N)c2cncc(F)c2)c1. The van der Waals surface area contributed by atoms with Crippen molar-refractivity contribution in [1.29, 1.82) is 0 Å². The van der Waals surface area contributed by atoms with Crippen LogP contribution in [0, 0.1) is 12.7 Å². The minimum atomic E-state index is -0.382. The van der Waals surface area contributed by atoms with Crippen LogP contribution < -0.4 is 5.73 Å². The van der Waals surface area contributed by atoms with Gasteiger partial charge in [0.2, 0.25) is 0 Å². The highest BCUT2D eigenvalue weighted by atomic mass is 79.9. The van der Waals surface area contributed by atoms with E-state index >= 15 is 0 Å². The van der Waals surface area contributed by atoms with Crippen LogP contribution in [0.25, 0.3) is 0 Å². The normalized spacial score (nSPS) is 12.5. The van der Waals surface area contributed by atoms with Crippen molar-refractivity contribution in [2.24, 2.45) is 5.73 Å². The molecule has 2 aromatic rings. The van der Waals surface area contributed by atoms with Crippen LogP contribution in [0.3, 0.4) is 0 Å². The molecule has 0 aliphatic rings. The average Bonchev–Trinajstić information content (AvgIpc) is 2.31. The van der Waals surface area contributed by atoms with Gasteiger partial charge >= 0.3 is 0 Å². The average molecular weight is 295 g/mol. The van der Waals surface area contributed by atoms with Crippen molar-refractivity contribution < 1.29 is 4.39 Å². The topological polar surface area (TPSA) is 38.9 Å². The summed E-state index contributed by atoms with van der Waals surface area (Å²) >= 11 is 3.45. The van der Waals surface area contributed by atoms with Gasteiger partial charge in [0.15, 0.2) is 0 Å². The molecule has 2 rings (SSSR count). The van der Waals surface area contributed by atoms with Gasteiger partial charge in [0.05, 0.1) is 12.2 Å². The fourth-order valence-electron chi connectivity index (χ4n) is 1.68. The third kappa shape index (κ3) is 2.70. The summed E-state index contributed by atoms with van der Waals surface area (Å²) in [7, 11) is 0. The summed E-state index contributed by atoms with van der Waals surface area (Å²) in [6, 6.07) is 6.94. The van der Waals surface area contributed by atoms with Crippen LogP contribution in [0.1, 0.15) is 22.7 Å². The van der Waals surface area contributed by atoms with E-state index in [-0.39, 0.29) is 11.9 Å². The lowest BCUT2D eigenvalue weighted by Gasteiger charge is -2.14. The molecule has 4 heteroatoms. The number of aromatic nitrogens is 1. The van der Waals surface area contributed by atoms with Gasteiger partial charge in [-0.1, -0.05) is 33.6 Å². The van der Waals surface area contributed by atoms with Crippen molar-refractivity contribution in [3.05, 3.63) is 63.6 Å². The molecule has 1 aromatic carbocycles. The van der Waals surface area contributed by atoms with Crippen LogP contribution in [-0.2, 0) is 0 Å². The predicted octanol–water partition coefficient (Wildman–Crippen LogP) is 3.34. The van der Waals surface area contributed by atoms with Crippen LogP contribution in [0.2, 0.25) is 0 Å². The van der Waals surface area contributed by atoms with E-state index in [4.69, 9.17) is 5.73 Å². The fourth-order valence-corrected chi connectivity index (χ4v) is 2.17. The highest BCUT2D eigenvalue weighted by Crippen LogP contribution is 2.27. The Morgan fingerprint density at radius 1 is 1.29 bits per heavy atom. The van der Waals surface area contributed by atoms with E-state index in [9.17, 15) is 4.39 Å². The molecule has 17 heavy (non-hydrogen) atoms. The lowest BCUT2D eigenvalue weighted by molar-refractivity contribution is 0.616. The van der Waals surface area contributed by atoms with Crippen LogP contribution in [0.4, 0.5) is 4.39 Å². The summed E-state index contributed by atoms with van der Waals surface area (Å²) in [5, 5.41) is 0. The highest BCUT2D eigenvalue weighted by Gasteiger charge is 2.13. The molecule has 1 atom stereocenters. The number of aryl methyl sites for hydroxylation is 1. The lowest BCUT2D eigenvalue weighted by atomic mass is 9.99. The summed E-state index contributed by atoms with van der Waals surface area (Å²) < 4.78 is 14.0. The number of halogens is 2. The molecular formula is C13H12BrFN2. The van der Waals surface area contributed by atoms with E-state index < -0.39 is 0 Å². The Kier molecular flexibility index (Phi) is 3.54. The van der Waals surface area contributed by atoms with Crippen molar-refractivity contribution in [1.82, 2.24) is 4.98 Å². The molecule has 0 aliphatic heterocycles. The maximum atomic E-state index is 13.1. The number of nitrogens with zero attached hydrogens (tertiary/aromatic N) is 1. The van der Waals surface area contributed by atoms with Crippen molar-refractivity contribution in [3.63, 3.8) is 0 Å². The first-order valence-electron chi connectivity index (χ1n) is 5.20. The Labute approximate surface area is 108 Å². The molecule has 0 amide bonds. The number of pyridine rings is 1. The molecule has 0 saturated heterocycles. The van der Waals surface area contributed by atoms with Gasteiger partial charge in [0, 0.05) is 10.7 Å². The van der Waals surface area contributed by atoms with E-state index in [1.165, 1.54) is 12.3 Å². The van der Waals surface area contributed by atoms with Gasteiger partial charge in [-0.15, -0.1) is 0 Å². The summed E-state index contributed by atoms with van der Waals surface area (Å²) in [5.41, 5.74) is 8.82. The fraction of sp³-hybridized carbons (Fsp3) is 0.154. The van der Waals surface area contributed by atoms with Gasteiger partial charge < -0.3 is 5.73 Å². The maximum absolute atomic E-state index is 13.1. The number of hydrogen-bond donors (Lipinski definition) is 1. The zero-order valence-corrected chi connectivity index (χ0v) is 10.9. The van der Waals surface area contributed by atoms with Crippen LogP contribution in [-0.4, -0.2) is 4.98 Å². The van der Waals surface area contributed by atoms with E-state index in [0.717, 1.165) is 15.6 Å². The van der Waals surface area contributed by atoms with E-state index in [1.807, 2.05) is 25.1 Å². The van der Waals surface area contributed by atoms with E-state index in [0.29, 0.717) is 5.56 Å². The molecule has 0 aliphatic carbocycles. The van der Waals surface area contributed by atoms with Gasteiger partial charge in [-0.05, 0) is 30.2 Å². The van der Waals surface area contributed by atoms with Gasteiger partial charge in [0.1, 0.15) is 5.82 Å². The zero-order chi connectivity index (χ0) is 12.4. The van der Waals surface area contributed by atoms with Gasteiger partial charge in [0.25, 0.3) is 0 Å². The molecule has 2 nitrogen and oxygen atoms in total. The summed E-state index contributed by atoms with van der Waals surface area (Å²) in [6.45, 7) is 1.99. The Morgan fingerprint density at radius 3 is 2.76 bits per heavy atom. The highest BCUT2D eigenvalue weighted by molar-refractivity contribution is 9.10. The number of hydrogen-bond acceptors (Lipinski definition) is 2.